The highest BCUT2D eigenvalue weighted by Gasteiger charge is 2.11. The molecular weight excluding hydrogens is 301 g/mol. The van der Waals surface area contributed by atoms with Gasteiger partial charge in [0.15, 0.2) is 5.82 Å². The van der Waals surface area contributed by atoms with Gasteiger partial charge in [-0.05, 0) is 31.2 Å². The minimum absolute atomic E-state index is 0.158. The number of carbonyl (C=O) groups excluding carboxylic acids is 1. The van der Waals surface area contributed by atoms with Gasteiger partial charge < -0.3 is 15.2 Å². The van der Waals surface area contributed by atoms with E-state index >= 15 is 0 Å². The molecule has 1 amide bonds. The van der Waals surface area contributed by atoms with E-state index < -0.39 is 5.91 Å². The fourth-order valence-corrected chi connectivity index (χ4v) is 1.84. The molecule has 23 heavy (non-hydrogen) atoms. The Morgan fingerprint density at radius 2 is 1.91 bits per heavy atom. The molecule has 2 N–H and O–H groups in total. The highest BCUT2D eigenvalue weighted by molar-refractivity contribution is 6.02. The number of carbonyl (C=O) groups is 1. The first-order valence-corrected chi connectivity index (χ1v) is 6.69. The van der Waals surface area contributed by atoms with E-state index in [2.05, 4.69) is 25.8 Å². The monoisotopic (exact) mass is 313 g/mol. The van der Waals surface area contributed by atoms with Crippen molar-refractivity contribution in [2.75, 3.05) is 10.6 Å². The van der Waals surface area contributed by atoms with Crippen LogP contribution < -0.4 is 10.6 Å². The first-order valence-electron chi connectivity index (χ1n) is 6.69. The Labute approximate surface area is 130 Å². The summed E-state index contributed by atoms with van der Waals surface area (Å²) < 4.78 is 17.8. The number of aromatic nitrogens is 3. The van der Waals surface area contributed by atoms with Crippen LogP contribution in [0.3, 0.4) is 0 Å². The van der Waals surface area contributed by atoms with Gasteiger partial charge in [-0.1, -0.05) is 5.16 Å². The summed E-state index contributed by atoms with van der Waals surface area (Å²) in [6, 6.07) is 8.85. The first kappa shape index (κ1) is 14.6. The van der Waals surface area contributed by atoms with E-state index in [0.29, 0.717) is 23.1 Å². The Bertz CT molecular complexity index is 832. The van der Waals surface area contributed by atoms with Gasteiger partial charge in [0.05, 0.1) is 0 Å². The third-order valence-electron chi connectivity index (χ3n) is 2.89. The third kappa shape index (κ3) is 3.67. The summed E-state index contributed by atoms with van der Waals surface area (Å²) in [6.07, 6.45) is 1.26. The predicted octanol–water partition coefficient (Wildman–Crippen LogP) is 2.91. The van der Waals surface area contributed by atoms with Crippen LogP contribution in [0.15, 0.2) is 47.2 Å². The number of nitrogens with zero attached hydrogens (tertiary/aromatic N) is 3. The zero-order valence-corrected chi connectivity index (χ0v) is 12.1. The quantitative estimate of drug-likeness (QED) is 0.769. The first-order chi connectivity index (χ1) is 11.1. The van der Waals surface area contributed by atoms with Gasteiger partial charge in [0.1, 0.15) is 29.4 Å². The number of nitrogens with one attached hydrogen (secondary N) is 2. The predicted molar refractivity (Wildman–Crippen MR) is 80.9 cm³/mol. The molecule has 3 aromatic rings. The molecule has 0 saturated heterocycles. The Balaban J connectivity index is 1.73. The normalized spacial score (nSPS) is 10.3. The molecule has 0 atom stereocenters. The van der Waals surface area contributed by atoms with Crippen molar-refractivity contribution in [2.45, 2.75) is 6.92 Å². The average Bonchev–Trinajstić information content (AvgIpc) is 2.95. The molecule has 1 aromatic carbocycles. The summed E-state index contributed by atoms with van der Waals surface area (Å²) in [4.78, 5) is 20.0. The third-order valence-corrected chi connectivity index (χ3v) is 2.89. The average molecular weight is 313 g/mol. The summed E-state index contributed by atoms with van der Waals surface area (Å²) in [5.41, 5.74) is 0.800. The summed E-state index contributed by atoms with van der Waals surface area (Å²) in [7, 11) is 0. The van der Waals surface area contributed by atoms with Crippen molar-refractivity contribution < 1.29 is 13.7 Å². The van der Waals surface area contributed by atoms with E-state index in [1.807, 2.05) is 0 Å². The highest BCUT2D eigenvalue weighted by atomic mass is 19.1. The van der Waals surface area contributed by atoms with Crippen molar-refractivity contribution in [1.29, 1.82) is 0 Å². The van der Waals surface area contributed by atoms with Crippen LogP contribution in [0.1, 0.15) is 16.2 Å². The largest absolute Gasteiger partial charge is 0.360 e. The van der Waals surface area contributed by atoms with Crippen LogP contribution in [0, 0.1) is 12.7 Å². The number of rotatable bonds is 4. The Kier molecular flexibility index (Phi) is 3.96. The van der Waals surface area contributed by atoms with Gasteiger partial charge in [-0.15, -0.1) is 0 Å². The molecule has 0 saturated carbocycles. The van der Waals surface area contributed by atoms with Crippen LogP contribution in [0.4, 0.5) is 21.7 Å². The van der Waals surface area contributed by atoms with Gasteiger partial charge in [-0.25, -0.2) is 14.4 Å². The lowest BCUT2D eigenvalue weighted by atomic mass is 10.3. The Hall–Kier alpha value is -3.29. The number of amides is 1. The number of halogens is 1. The van der Waals surface area contributed by atoms with Crippen molar-refractivity contribution in [3.05, 3.63) is 60.0 Å². The van der Waals surface area contributed by atoms with E-state index in [1.54, 1.807) is 25.1 Å². The molecule has 3 rings (SSSR count). The summed E-state index contributed by atoms with van der Waals surface area (Å²) in [5.74, 6) is 0.526. The standard InChI is InChI=1S/C15H12FN5O2/c1-9-6-14(21-23-9)20-15(22)12-7-13(18-8-17-12)19-11-4-2-10(16)3-5-11/h2-8H,1H3,(H,17,18,19)(H,20,21,22). The fraction of sp³-hybridized carbons (Fsp3) is 0.0667. The maximum Gasteiger partial charge on any atom is 0.275 e. The van der Waals surface area contributed by atoms with Crippen LogP contribution >= 0.6 is 0 Å². The summed E-state index contributed by atoms with van der Waals surface area (Å²) in [6.45, 7) is 1.72. The maximum atomic E-state index is 12.9. The minimum Gasteiger partial charge on any atom is -0.360 e. The van der Waals surface area contributed by atoms with E-state index in [4.69, 9.17) is 4.52 Å². The molecule has 0 spiro atoms. The van der Waals surface area contributed by atoms with E-state index in [9.17, 15) is 9.18 Å². The van der Waals surface area contributed by atoms with Gasteiger partial charge in [0.2, 0.25) is 0 Å². The molecule has 0 aliphatic heterocycles. The number of aryl methyl sites for hydroxylation is 1. The molecule has 7 nitrogen and oxygen atoms in total. The lowest BCUT2D eigenvalue weighted by molar-refractivity contribution is 0.102. The summed E-state index contributed by atoms with van der Waals surface area (Å²) in [5, 5.41) is 9.21. The molecule has 116 valence electrons. The maximum absolute atomic E-state index is 12.9. The topological polar surface area (TPSA) is 92.9 Å². The number of hydrogen-bond acceptors (Lipinski definition) is 6. The molecule has 0 bridgehead atoms. The van der Waals surface area contributed by atoms with Crippen molar-refractivity contribution in [1.82, 2.24) is 15.1 Å². The molecule has 0 radical (unpaired) electrons. The van der Waals surface area contributed by atoms with Gasteiger partial charge >= 0.3 is 0 Å². The second kappa shape index (κ2) is 6.22. The van der Waals surface area contributed by atoms with Crippen LogP contribution in [-0.4, -0.2) is 21.0 Å². The fourth-order valence-electron chi connectivity index (χ4n) is 1.84. The Morgan fingerprint density at radius 3 is 2.61 bits per heavy atom. The van der Waals surface area contributed by atoms with Crippen LogP contribution in [0.2, 0.25) is 0 Å². The minimum atomic E-state index is -0.442. The molecule has 2 aromatic heterocycles. The van der Waals surface area contributed by atoms with Gasteiger partial charge in [0.25, 0.3) is 5.91 Å². The lowest BCUT2D eigenvalue weighted by Gasteiger charge is -2.06. The molecular formula is C15H12FN5O2. The number of hydrogen-bond donors (Lipinski definition) is 2. The molecule has 0 fully saturated rings. The van der Waals surface area contributed by atoms with Crippen molar-refractivity contribution >= 4 is 23.2 Å². The highest BCUT2D eigenvalue weighted by Crippen LogP contribution is 2.16. The van der Waals surface area contributed by atoms with Crippen molar-refractivity contribution in [3.8, 4) is 0 Å². The van der Waals surface area contributed by atoms with Gasteiger partial charge in [-0.3, -0.25) is 4.79 Å². The molecule has 0 aliphatic carbocycles. The van der Waals surface area contributed by atoms with E-state index in [-0.39, 0.29) is 11.5 Å². The van der Waals surface area contributed by atoms with E-state index in [1.165, 1.54) is 24.5 Å². The lowest BCUT2D eigenvalue weighted by Crippen LogP contribution is -2.14. The molecule has 0 unspecified atom stereocenters. The van der Waals surface area contributed by atoms with E-state index in [0.717, 1.165) is 0 Å². The van der Waals surface area contributed by atoms with Crippen molar-refractivity contribution in [3.63, 3.8) is 0 Å². The Morgan fingerprint density at radius 1 is 1.13 bits per heavy atom. The zero-order valence-electron chi connectivity index (χ0n) is 12.1. The van der Waals surface area contributed by atoms with Crippen LogP contribution in [0.5, 0.6) is 0 Å². The number of anilines is 3. The summed E-state index contributed by atoms with van der Waals surface area (Å²) >= 11 is 0. The van der Waals surface area contributed by atoms with Gasteiger partial charge in [0, 0.05) is 17.8 Å². The zero-order chi connectivity index (χ0) is 16.2. The molecule has 2 heterocycles. The van der Waals surface area contributed by atoms with Gasteiger partial charge in [-0.2, -0.15) is 0 Å². The smallest absolute Gasteiger partial charge is 0.275 e. The van der Waals surface area contributed by atoms with Crippen LogP contribution in [0.25, 0.3) is 0 Å². The second-order valence-electron chi connectivity index (χ2n) is 4.70. The molecule has 8 heteroatoms. The molecule has 0 aliphatic rings. The SMILES string of the molecule is Cc1cc(NC(=O)c2cc(Nc3ccc(F)cc3)ncn2)no1. The number of benzene rings is 1. The van der Waals surface area contributed by atoms with Crippen molar-refractivity contribution in [2.24, 2.45) is 0 Å². The second-order valence-corrected chi connectivity index (χ2v) is 4.70. The van der Waals surface area contributed by atoms with Crippen LogP contribution in [-0.2, 0) is 0 Å².